The maximum Gasteiger partial charge on any atom is 0.226 e. The summed E-state index contributed by atoms with van der Waals surface area (Å²) in [5, 5.41) is 3.26. The Morgan fingerprint density at radius 3 is 2.28 bits per heavy atom. The average molecular weight is 359 g/mol. The third-order valence-electron chi connectivity index (χ3n) is 3.96. The van der Waals surface area contributed by atoms with Crippen molar-refractivity contribution in [3.63, 3.8) is 0 Å². The molecule has 2 aromatic rings. The minimum absolute atomic E-state index is 0.0946. The molecule has 0 aromatic heterocycles. The number of nitrogens with zero attached hydrogens (tertiary/aromatic N) is 1. The van der Waals surface area contributed by atoms with Gasteiger partial charge in [-0.1, -0.05) is 49.7 Å². The Kier molecular flexibility index (Phi) is 6.59. The highest BCUT2D eigenvalue weighted by atomic mass is 35.5. The Bertz CT molecular complexity index is 742. The Hall–Kier alpha value is -2.33. The van der Waals surface area contributed by atoms with Crippen molar-refractivity contribution in [2.75, 3.05) is 16.8 Å². The van der Waals surface area contributed by atoms with E-state index in [1.54, 1.807) is 29.2 Å². The largest absolute Gasteiger partial charge is 0.325 e. The van der Waals surface area contributed by atoms with Crippen LogP contribution in [0.1, 0.15) is 38.7 Å². The van der Waals surface area contributed by atoms with Crippen LogP contribution in [0.2, 0.25) is 5.02 Å². The topological polar surface area (TPSA) is 49.4 Å². The Morgan fingerprint density at radius 2 is 1.72 bits per heavy atom. The summed E-state index contributed by atoms with van der Waals surface area (Å²) in [6.07, 6.45) is 0.191. The van der Waals surface area contributed by atoms with E-state index in [1.807, 2.05) is 24.3 Å². The molecule has 2 amide bonds. The van der Waals surface area contributed by atoms with Crippen molar-refractivity contribution < 1.29 is 9.59 Å². The molecule has 0 saturated carbocycles. The fourth-order valence-corrected chi connectivity index (χ4v) is 2.68. The van der Waals surface area contributed by atoms with Gasteiger partial charge in [-0.2, -0.15) is 0 Å². The highest BCUT2D eigenvalue weighted by Gasteiger charge is 2.14. The van der Waals surface area contributed by atoms with E-state index in [4.69, 9.17) is 11.6 Å². The number of benzene rings is 2. The molecule has 132 valence electrons. The minimum atomic E-state index is -0.182. The lowest BCUT2D eigenvalue weighted by Gasteiger charge is -2.21. The van der Waals surface area contributed by atoms with Crippen molar-refractivity contribution in [2.45, 2.75) is 33.1 Å². The summed E-state index contributed by atoms with van der Waals surface area (Å²) < 4.78 is 0. The summed E-state index contributed by atoms with van der Waals surface area (Å²) in [5.41, 5.74) is 2.58. The molecule has 0 atom stereocenters. The van der Waals surface area contributed by atoms with Crippen LogP contribution in [0.15, 0.2) is 48.5 Å². The maximum absolute atomic E-state index is 12.2. The molecule has 4 nitrogen and oxygen atoms in total. The van der Waals surface area contributed by atoms with Crippen molar-refractivity contribution >= 4 is 34.8 Å². The van der Waals surface area contributed by atoms with Crippen LogP contribution in [-0.4, -0.2) is 18.4 Å². The molecule has 2 aromatic carbocycles. The molecule has 0 aliphatic rings. The third kappa shape index (κ3) is 5.33. The summed E-state index contributed by atoms with van der Waals surface area (Å²) in [4.78, 5) is 25.7. The molecule has 0 unspecified atom stereocenters. The quantitative estimate of drug-likeness (QED) is 0.802. The van der Waals surface area contributed by atoms with Gasteiger partial charge in [-0.05, 0) is 35.7 Å². The van der Waals surface area contributed by atoms with Gasteiger partial charge in [-0.15, -0.1) is 0 Å². The molecule has 0 bridgehead atoms. The average Bonchev–Trinajstić information content (AvgIpc) is 2.57. The normalized spacial score (nSPS) is 10.6. The van der Waals surface area contributed by atoms with Gasteiger partial charge in [-0.25, -0.2) is 0 Å². The molecule has 1 N–H and O–H groups in total. The smallest absolute Gasteiger partial charge is 0.226 e. The second-order valence-corrected chi connectivity index (χ2v) is 6.60. The molecule has 2 rings (SSSR count). The van der Waals surface area contributed by atoms with E-state index in [1.165, 1.54) is 12.5 Å². The number of halogens is 1. The molecule has 25 heavy (non-hydrogen) atoms. The summed E-state index contributed by atoms with van der Waals surface area (Å²) >= 11 is 6.04. The SMILES string of the molecule is CC(=O)N(CCC(=O)Nc1ccccc1Cl)c1ccc(C(C)C)cc1. The first kappa shape index (κ1) is 19.0. The number of amides is 2. The van der Waals surface area contributed by atoms with Crippen molar-refractivity contribution in [3.8, 4) is 0 Å². The molecule has 0 heterocycles. The van der Waals surface area contributed by atoms with Crippen LogP contribution in [0.4, 0.5) is 11.4 Å². The fourth-order valence-electron chi connectivity index (χ4n) is 2.50. The van der Waals surface area contributed by atoms with Gasteiger partial charge in [0.15, 0.2) is 0 Å². The number of rotatable bonds is 6. The Labute approximate surface area is 153 Å². The van der Waals surface area contributed by atoms with E-state index < -0.39 is 0 Å². The molecule has 5 heteroatoms. The predicted octanol–water partition coefficient (Wildman–Crippen LogP) is 4.85. The summed E-state index contributed by atoms with van der Waals surface area (Å²) in [7, 11) is 0. The Morgan fingerprint density at radius 1 is 1.08 bits per heavy atom. The lowest BCUT2D eigenvalue weighted by Crippen LogP contribution is -2.32. The lowest BCUT2D eigenvalue weighted by atomic mass is 10.0. The fraction of sp³-hybridized carbons (Fsp3) is 0.300. The first-order chi connectivity index (χ1) is 11.9. The zero-order chi connectivity index (χ0) is 18.4. The summed E-state index contributed by atoms with van der Waals surface area (Å²) in [6, 6.07) is 14.9. The first-order valence-electron chi connectivity index (χ1n) is 8.31. The van der Waals surface area contributed by atoms with Gasteiger partial charge < -0.3 is 10.2 Å². The van der Waals surface area contributed by atoms with E-state index in [-0.39, 0.29) is 18.2 Å². The van der Waals surface area contributed by atoms with E-state index in [2.05, 4.69) is 19.2 Å². The monoisotopic (exact) mass is 358 g/mol. The molecule has 0 radical (unpaired) electrons. The van der Waals surface area contributed by atoms with Crippen LogP contribution in [0.3, 0.4) is 0 Å². The standard InChI is InChI=1S/C20H23ClN2O2/c1-14(2)16-8-10-17(11-9-16)23(15(3)24)13-12-20(25)22-19-7-5-4-6-18(19)21/h4-11,14H,12-13H2,1-3H3,(H,22,25). The van der Waals surface area contributed by atoms with Gasteiger partial charge >= 0.3 is 0 Å². The van der Waals surface area contributed by atoms with Crippen LogP contribution >= 0.6 is 11.6 Å². The predicted molar refractivity (Wildman–Crippen MR) is 103 cm³/mol. The van der Waals surface area contributed by atoms with Gasteiger partial charge in [0.2, 0.25) is 11.8 Å². The van der Waals surface area contributed by atoms with E-state index in [9.17, 15) is 9.59 Å². The molecule has 0 saturated heterocycles. The molecule has 0 aliphatic carbocycles. The summed E-state index contributed by atoms with van der Waals surface area (Å²) in [6.45, 7) is 6.06. The number of carbonyl (C=O) groups is 2. The van der Waals surface area contributed by atoms with Crippen LogP contribution in [0.25, 0.3) is 0 Å². The van der Waals surface area contributed by atoms with Gasteiger partial charge in [-0.3, -0.25) is 9.59 Å². The van der Waals surface area contributed by atoms with Gasteiger partial charge in [0.1, 0.15) is 0 Å². The first-order valence-corrected chi connectivity index (χ1v) is 8.68. The summed E-state index contributed by atoms with van der Waals surface area (Å²) in [5.74, 6) is 0.155. The van der Waals surface area contributed by atoms with Crippen LogP contribution < -0.4 is 10.2 Å². The lowest BCUT2D eigenvalue weighted by molar-refractivity contribution is -0.117. The number of para-hydroxylation sites is 1. The number of hydrogen-bond acceptors (Lipinski definition) is 2. The zero-order valence-corrected chi connectivity index (χ0v) is 15.5. The van der Waals surface area contributed by atoms with E-state index >= 15 is 0 Å². The van der Waals surface area contributed by atoms with Crippen molar-refractivity contribution in [1.29, 1.82) is 0 Å². The van der Waals surface area contributed by atoms with Crippen LogP contribution in [-0.2, 0) is 9.59 Å². The third-order valence-corrected chi connectivity index (χ3v) is 4.29. The highest BCUT2D eigenvalue weighted by Crippen LogP contribution is 2.22. The number of hydrogen-bond donors (Lipinski definition) is 1. The molecule has 0 spiro atoms. The van der Waals surface area contributed by atoms with Gasteiger partial charge in [0.25, 0.3) is 0 Å². The molecule has 0 fully saturated rings. The van der Waals surface area contributed by atoms with Gasteiger partial charge in [0.05, 0.1) is 10.7 Å². The molecular weight excluding hydrogens is 336 g/mol. The number of nitrogens with one attached hydrogen (secondary N) is 1. The van der Waals surface area contributed by atoms with Crippen molar-refractivity contribution in [1.82, 2.24) is 0 Å². The van der Waals surface area contributed by atoms with Crippen molar-refractivity contribution in [3.05, 3.63) is 59.1 Å². The van der Waals surface area contributed by atoms with E-state index in [0.717, 1.165) is 5.69 Å². The molecule has 0 aliphatic heterocycles. The second-order valence-electron chi connectivity index (χ2n) is 6.19. The zero-order valence-electron chi connectivity index (χ0n) is 14.8. The number of carbonyl (C=O) groups excluding carboxylic acids is 2. The van der Waals surface area contributed by atoms with Crippen LogP contribution in [0.5, 0.6) is 0 Å². The second kappa shape index (κ2) is 8.67. The van der Waals surface area contributed by atoms with Crippen molar-refractivity contribution in [2.24, 2.45) is 0 Å². The maximum atomic E-state index is 12.2. The number of anilines is 2. The highest BCUT2D eigenvalue weighted by molar-refractivity contribution is 6.33. The van der Waals surface area contributed by atoms with E-state index in [0.29, 0.717) is 23.2 Å². The van der Waals surface area contributed by atoms with Crippen LogP contribution in [0, 0.1) is 0 Å². The Balaban J connectivity index is 2.01. The minimum Gasteiger partial charge on any atom is -0.325 e. The molecular formula is C20H23ClN2O2. The van der Waals surface area contributed by atoms with Gasteiger partial charge in [0, 0.05) is 25.6 Å².